The van der Waals surface area contributed by atoms with E-state index in [-0.39, 0.29) is 0 Å². The molecule has 1 aromatic carbocycles. The zero-order chi connectivity index (χ0) is 10.6. The quantitative estimate of drug-likeness (QED) is 0.561. The fourth-order valence-corrected chi connectivity index (χ4v) is 1.83. The molecule has 0 spiro atoms. The molecule has 0 radical (unpaired) electrons. The molecule has 0 aliphatic heterocycles. The second kappa shape index (κ2) is 5.32. The van der Waals surface area contributed by atoms with Crippen LogP contribution in [0.2, 0.25) is 0 Å². The van der Waals surface area contributed by atoms with Crippen LogP contribution in [0.1, 0.15) is 31.4 Å². The minimum Gasteiger partial charge on any atom is -0.0881 e. The highest BCUT2D eigenvalue weighted by molar-refractivity contribution is 7.81. The lowest BCUT2D eigenvalue weighted by Gasteiger charge is -2.12. The van der Waals surface area contributed by atoms with E-state index in [9.17, 15) is 0 Å². The summed E-state index contributed by atoms with van der Waals surface area (Å²) in [4.78, 5) is 1.02. The molecule has 74 valence electrons. The summed E-state index contributed by atoms with van der Waals surface area (Å²) in [6.45, 7) is 4.31. The predicted octanol–water partition coefficient (Wildman–Crippen LogP) is 3.80. The molecule has 0 nitrogen and oxygen atoms in total. The third-order valence-electron chi connectivity index (χ3n) is 2.41. The molecule has 0 saturated carbocycles. The van der Waals surface area contributed by atoms with E-state index in [4.69, 9.17) is 24.4 Å². The van der Waals surface area contributed by atoms with Gasteiger partial charge < -0.3 is 0 Å². The number of benzene rings is 1. The molecule has 0 aromatic heterocycles. The average Bonchev–Trinajstić information content (AvgIpc) is 2.26. The van der Waals surface area contributed by atoms with Gasteiger partial charge in [0, 0.05) is 10.2 Å². The summed E-state index contributed by atoms with van der Waals surface area (Å²) < 4.78 is 0. The Morgan fingerprint density at radius 3 is 2.64 bits per heavy atom. The van der Waals surface area contributed by atoms with E-state index in [0.29, 0.717) is 5.92 Å². The van der Waals surface area contributed by atoms with Crippen LogP contribution >= 0.6 is 24.4 Å². The van der Waals surface area contributed by atoms with Gasteiger partial charge in [0.2, 0.25) is 0 Å². The molecule has 0 N–H and O–H groups in total. The lowest BCUT2D eigenvalue weighted by atomic mass is 9.95. The first-order valence-electron chi connectivity index (χ1n) is 4.79. The third-order valence-corrected chi connectivity index (χ3v) is 3.29. The van der Waals surface area contributed by atoms with Crippen molar-refractivity contribution >= 4 is 34.7 Å². The molecule has 0 saturated heterocycles. The van der Waals surface area contributed by atoms with Crippen LogP contribution in [0.15, 0.2) is 24.3 Å². The van der Waals surface area contributed by atoms with Crippen molar-refractivity contribution in [3.8, 4) is 0 Å². The molecule has 1 atom stereocenters. The van der Waals surface area contributed by atoms with E-state index in [1.807, 2.05) is 24.3 Å². The van der Waals surface area contributed by atoms with E-state index < -0.39 is 0 Å². The van der Waals surface area contributed by atoms with Crippen molar-refractivity contribution in [2.24, 2.45) is 5.92 Å². The van der Waals surface area contributed by atoms with Gasteiger partial charge in [0.05, 0.1) is 0 Å². The van der Waals surface area contributed by atoms with Crippen LogP contribution in [0, 0.1) is 5.92 Å². The molecule has 1 aromatic rings. The number of rotatable bonds is 4. The maximum absolute atomic E-state index is 5.43. The maximum atomic E-state index is 5.43. The van der Waals surface area contributed by atoms with Gasteiger partial charge in [-0.1, -0.05) is 62.5 Å². The van der Waals surface area contributed by atoms with Gasteiger partial charge in [-0.25, -0.2) is 0 Å². The Bertz CT molecular complexity index is 342. The van der Waals surface area contributed by atoms with Crippen molar-refractivity contribution in [2.75, 3.05) is 0 Å². The standard InChI is InChI=1S/C12H14S2/c1-3-9(2)12(14)11-7-5-4-6-10(11)8-13/h4-9H,3H2,1-2H3. The number of hydrogen-bond donors (Lipinski definition) is 0. The number of thiocarbonyl (C=S) groups is 2. The smallest absolute Gasteiger partial charge is 0.0258 e. The van der Waals surface area contributed by atoms with E-state index in [2.05, 4.69) is 13.8 Å². The Hall–Kier alpha value is -0.600. The van der Waals surface area contributed by atoms with Gasteiger partial charge in [0.1, 0.15) is 0 Å². The fourth-order valence-electron chi connectivity index (χ4n) is 1.28. The van der Waals surface area contributed by atoms with Crippen molar-refractivity contribution in [1.82, 2.24) is 0 Å². The molecule has 14 heavy (non-hydrogen) atoms. The summed E-state index contributed by atoms with van der Waals surface area (Å²) in [7, 11) is 0. The lowest BCUT2D eigenvalue weighted by Crippen LogP contribution is -2.10. The van der Waals surface area contributed by atoms with E-state index in [1.54, 1.807) is 5.37 Å². The normalized spacial score (nSPS) is 12.1. The first-order valence-corrected chi connectivity index (χ1v) is 5.67. The van der Waals surface area contributed by atoms with Gasteiger partial charge in [0.15, 0.2) is 0 Å². The molecule has 0 bridgehead atoms. The van der Waals surface area contributed by atoms with E-state index in [0.717, 1.165) is 22.4 Å². The van der Waals surface area contributed by atoms with Crippen molar-refractivity contribution in [3.63, 3.8) is 0 Å². The fraction of sp³-hybridized carbons (Fsp3) is 0.333. The number of hydrogen-bond acceptors (Lipinski definition) is 2. The molecule has 2 heteroatoms. The topological polar surface area (TPSA) is 0 Å². The van der Waals surface area contributed by atoms with Crippen LogP contribution in [-0.2, 0) is 0 Å². The molecule has 0 fully saturated rings. The van der Waals surface area contributed by atoms with Crippen molar-refractivity contribution < 1.29 is 0 Å². The zero-order valence-corrected chi connectivity index (χ0v) is 10.1. The van der Waals surface area contributed by atoms with Crippen molar-refractivity contribution in [2.45, 2.75) is 20.3 Å². The van der Waals surface area contributed by atoms with Crippen LogP contribution in [0.25, 0.3) is 0 Å². The molecule has 1 unspecified atom stereocenters. The van der Waals surface area contributed by atoms with Gasteiger partial charge >= 0.3 is 0 Å². The van der Waals surface area contributed by atoms with Gasteiger partial charge in [-0.2, -0.15) is 0 Å². The minimum absolute atomic E-state index is 0.445. The Morgan fingerprint density at radius 1 is 1.43 bits per heavy atom. The Morgan fingerprint density at radius 2 is 2.07 bits per heavy atom. The SMILES string of the molecule is CCC(C)C(=S)c1ccccc1C=S. The van der Waals surface area contributed by atoms with Crippen LogP contribution in [0.5, 0.6) is 0 Å². The van der Waals surface area contributed by atoms with Crippen molar-refractivity contribution in [1.29, 1.82) is 0 Å². The second-order valence-corrected chi connectivity index (χ2v) is 4.05. The predicted molar refractivity (Wildman–Crippen MR) is 70.4 cm³/mol. The van der Waals surface area contributed by atoms with Crippen molar-refractivity contribution in [3.05, 3.63) is 35.4 Å². The highest BCUT2D eigenvalue weighted by atomic mass is 32.1. The monoisotopic (exact) mass is 222 g/mol. The zero-order valence-electron chi connectivity index (χ0n) is 8.49. The minimum atomic E-state index is 0.445. The van der Waals surface area contributed by atoms with Gasteiger partial charge in [-0.3, -0.25) is 0 Å². The van der Waals surface area contributed by atoms with Gasteiger partial charge in [-0.15, -0.1) is 0 Å². The average molecular weight is 222 g/mol. The summed E-state index contributed by atoms with van der Waals surface area (Å²) in [5.74, 6) is 0.445. The molecule has 0 heterocycles. The summed E-state index contributed by atoms with van der Waals surface area (Å²) in [5, 5.41) is 1.70. The van der Waals surface area contributed by atoms with Gasteiger partial charge in [0.25, 0.3) is 0 Å². The Kier molecular flexibility index (Phi) is 4.36. The highest BCUT2D eigenvalue weighted by Crippen LogP contribution is 2.16. The Labute approximate surface area is 96.3 Å². The van der Waals surface area contributed by atoms with Crippen LogP contribution < -0.4 is 0 Å². The van der Waals surface area contributed by atoms with Crippen LogP contribution in [0.4, 0.5) is 0 Å². The molecule has 0 aliphatic rings. The highest BCUT2D eigenvalue weighted by Gasteiger charge is 2.10. The molecule has 1 rings (SSSR count). The molecular formula is C12H14S2. The van der Waals surface area contributed by atoms with E-state index in [1.165, 1.54) is 0 Å². The van der Waals surface area contributed by atoms with Crippen LogP contribution in [-0.4, -0.2) is 10.2 Å². The first kappa shape index (κ1) is 11.5. The van der Waals surface area contributed by atoms with Crippen LogP contribution in [0.3, 0.4) is 0 Å². The largest absolute Gasteiger partial charge is 0.0881 e. The molecular weight excluding hydrogens is 208 g/mol. The first-order chi connectivity index (χ1) is 6.70. The summed E-state index contributed by atoms with van der Waals surface area (Å²) in [6.07, 6.45) is 1.07. The second-order valence-electron chi connectivity index (χ2n) is 3.38. The Balaban J connectivity index is 3.05. The van der Waals surface area contributed by atoms with E-state index >= 15 is 0 Å². The summed E-state index contributed by atoms with van der Waals surface area (Å²) >= 11 is 10.4. The lowest BCUT2D eigenvalue weighted by molar-refractivity contribution is 0.750. The van der Waals surface area contributed by atoms with Gasteiger partial charge in [-0.05, 0) is 23.5 Å². The summed E-state index contributed by atoms with van der Waals surface area (Å²) in [6, 6.07) is 8.05. The summed E-state index contributed by atoms with van der Waals surface area (Å²) in [5.41, 5.74) is 2.18. The maximum Gasteiger partial charge on any atom is 0.0258 e. The third kappa shape index (κ3) is 2.46. The molecule has 0 amide bonds. The molecule has 0 aliphatic carbocycles.